The van der Waals surface area contributed by atoms with Crippen LogP contribution in [0.4, 0.5) is 0 Å². The smallest absolute Gasteiger partial charge is 0.0699 e. The van der Waals surface area contributed by atoms with Crippen molar-refractivity contribution < 1.29 is 9.47 Å². The van der Waals surface area contributed by atoms with Crippen LogP contribution >= 0.6 is 11.6 Å². The fourth-order valence-electron chi connectivity index (χ4n) is 1.69. The van der Waals surface area contributed by atoms with Gasteiger partial charge in [0.05, 0.1) is 12.7 Å². The molecular formula is C11H22ClNO2. The molecule has 1 atom stereocenters. The highest BCUT2D eigenvalue weighted by molar-refractivity contribution is 6.17. The summed E-state index contributed by atoms with van der Waals surface area (Å²) in [6, 6.07) is 0. The molecule has 0 amide bonds. The first-order valence-electron chi connectivity index (χ1n) is 5.89. The van der Waals surface area contributed by atoms with Gasteiger partial charge in [-0.15, -0.1) is 11.6 Å². The predicted octanol–water partition coefficient (Wildman–Crippen LogP) is 1.79. The zero-order valence-electron chi connectivity index (χ0n) is 9.34. The Morgan fingerprint density at radius 2 is 2.27 bits per heavy atom. The molecule has 0 saturated carbocycles. The number of nitrogens with one attached hydrogen (secondary N) is 1. The lowest BCUT2D eigenvalue weighted by Crippen LogP contribution is -2.32. The second-order valence-electron chi connectivity index (χ2n) is 3.85. The predicted molar refractivity (Wildman–Crippen MR) is 62.6 cm³/mol. The summed E-state index contributed by atoms with van der Waals surface area (Å²) in [6.07, 6.45) is 5.22. The summed E-state index contributed by atoms with van der Waals surface area (Å²) >= 11 is 5.49. The first kappa shape index (κ1) is 13.2. The van der Waals surface area contributed by atoms with Gasteiger partial charge in [-0.05, 0) is 32.2 Å². The largest absolute Gasteiger partial charge is 0.380 e. The lowest BCUT2D eigenvalue weighted by molar-refractivity contribution is 0.0167. The standard InChI is InChI=1S/C11H22ClNO2/c12-5-9-14-7-3-6-13-10-11-4-1-2-8-15-11/h11,13H,1-10H2. The van der Waals surface area contributed by atoms with Crippen LogP contribution in [0.5, 0.6) is 0 Å². The van der Waals surface area contributed by atoms with E-state index < -0.39 is 0 Å². The molecule has 1 N–H and O–H groups in total. The molecule has 1 rings (SSSR count). The SMILES string of the molecule is ClCCOCCCNCC1CCCCO1. The Morgan fingerprint density at radius 1 is 1.33 bits per heavy atom. The van der Waals surface area contributed by atoms with Gasteiger partial charge >= 0.3 is 0 Å². The average molecular weight is 236 g/mol. The zero-order valence-corrected chi connectivity index (χ0v) is 10.1. The third-order valence-corrected chi connectivity index (χ3v) is 2.66. The lowest BCUT2D eigenvalue weighted by Gasteiger charge is -2.22. The molecule has 15 heavy (non-hydrogen) atoms. The Bertz CT molecular complexity index is 141. The van der Waals surface area contributed by atoms with Gasteiger partial charge in [0.15, 0.2) is 0 Å². The Morgan fingerprint density at radius 3 is 3.00 bits per heavy atom. The van der Waals surface area contributed by atoms with Gasteiger partial charge in [-0.3, -0.25) is 0 Å². The van der Waals surface area contributed by atoms with Gasteiger partial charge in [-0.2, -0.15) is 0 Å². The Hall–Kier alpha value is 0.170. The molecule has 0 aromatic rings. The highest BCUT2D eigenvalue weighted by Crippen LogP contribution is 2.11. The fourth-order valence-corrected chi connectivity index (χ4v) is 1.80. The van der Waals surface area contributed by atoms with Crippen molar-refractivity contribution in [3.63, 3.8) is 0 Å². The van der Waals surface area contributed by atoms with Crippen molar-refractivity contribution in [2.24, 2.45) is 0 Å². The van der Waals surface area contributed by atoms with E-state index in [1.165, 1.54) is 19.3 Å². The minimum atomic E-state index is 0.433. The molecule has 1 saturated heterocycles. The van der Waals surface area contributed by atoms with Gasteiger partial charge in [-0.1, -0.05) is 0 Å². The van der Waals surface area contributed by atoms with Crippen molar-refractivity contribution in [2.45, 2.75) is 31.8 Å². The van der Waals surface area contributed by atoms with Crippen LogP contribution in [0.3, 0.4) is 0 Å². The first-order chi connectivity index (χ1) is 7.43. The van der Waals surface area contributed by atoms with E-state index >= 15 is 0 Å². The van der Waals surface area contributed by atoms with Crippen molar-refractivity contribution in [1.82, 2.24) is 5.32 Å². The second kappa shape index (κ2) is 9.40. The van der Waals surface area contributed by atoms with E-state index in [1.54, 1.807) is 0 Å². The molecule has 1 heterocycles. The Labute approximate surface area is 97.5 Å². The zero-order chi connectivity index (χ0) is 10.8. The van der Waals surface area contributed by atoms with Crippen LogP contribution in [0.15, 0.2) is 0 Å². The van der Waals surface area contributed by atoms with Crippen LogP contribution < -0.4 is 5.32 Å². The summed E-state index contributed by atoms with van der Waals surface area (Å²) in [6.45, 7) is 4.38. The number of halogens is 1. The first-order valence-corrected chi connectivity index (χ1v) is 6.43. The average Bonchev–Trinajstić information content (AvgIpc) is 2.29. The van der Waals surface area contributed by atoms with Gasteiger partial charge < -0.3 is 14.8 Å². The normalized spacial score (nSPS) is 21.8. The van der Waals surface area contributed by atoms with Crippen LogP contribution in [0.25, 0.3) is 0 Å². The van der Waals surface area contributed by atoms with Gasteiger partial charge in [0.1, 0.15) is 0 Å². The number of hydrogen-bond acceptors (Lipinski definition) is 3. The molecule has 0 aliphatic carbocycles. The third kappa shape index (κ3) is 7.12. The second-order valence-corrected chi connectivity index (χ2v) is 4.23. The van der Waals surface area contributed by atoms with Crippen LogP contribution in [-0.2, 0) is 9.47 Å². The van der Waals surface area contributed by atoms with Crippen molar-refractivity contribution in [2.75, 3.05) is 38.8 Å². The van der Waals surface area contributed by atoms with E-state index in [9.17, 15) is 0 Å². The van der Waals surface area contributed by atoms with Crippen molar-refractivity contribution >= 4 is 11.6 Å². The Kier molecular flexibility index (Phi) is 8.29. The molecular weight excluding hydrogens is 214 g/mol. The van der Waals surface area contributed by atoms with E-state index in [2.05, 4.69) is 5.32 Å². The van der Waals surface area contributed by atoms with Crippen molar-refractivity contribution in [3.05, 3.63) is 0 Å². The summed E-state index contributed by atoms with van der Waals surface area (Å²) < 4.78 is 10.9. The minimum Gasteiger partial charge on any atom is -0.380 e. The molecule has 90 valence electrons. The van der Waals surface area contributed by atoms with Gasteiger partial charge in [0.25, 0.3) is 0 Å². The quantitative estimate of drug-likeness (QED) is 0.514. The minimum absolute atomic E-state index is 0.433. The number of alkyl halides is 1. The van der Waals surface area contributed by atoms with Crippen LogP contribution in [-0.4, -0.2) is 44.9 Å². The van der Waals surface area contributed by atoms with Crippen molar-refractivity contribution in [1.29, 1.82) is 0 Å². The maximum Gasteiger partial charge on any atom is 0.0699 e. The number of rotatable bonds is 8. The molecule has 1 unspecified atom stereocenters. The monoisotopic (exact) mass is 235 g/mol. The van der Waals surface area contributed by atoms with E-state index in [4.69, 9.17) is 21.1 Å². The maximum absolute atomic E-state index is 5.61. The molecule has 3 nitrogen and oxygen atoms in total. The van der Waals surface area contributed by atoms with Gasteiger partial charge in [0.2, 0.25) is 0 Å². The van der Waals surface area contributed by atoms with Crippen LogP contribution in [0, 0.1) is 0 Å². The van der Waals surface area contributed by atoms with E-state index in [1.807, 2.05) is 0 Å². The molecule has 0 spiro atoms. The molecule has 0 radical (unpaired) electrons. The number of ether oxygens (including phenoxy) is 2. The van der Waals surface area contributed by atoms with E-state index in [0.29, 0.717) is 18.6 Å². The van der Waals surface area contributed by atoms with Crippen LogP contribution in [0.2, 0.25) is 0 Å². The molecule has 1 aliphatic rings. The topological polar surface area (TPSA) is 30.5 Å². The highest BCUT2D eigenvalue weighted by atomic mass is 35.5. The molecule has 1 fully saturated rings. The van der Waals surface area contributed by atoms with Gasteiger partial charge in [0, 0.05) is 25.6 Å². The highest BCUT2D eigenvalue weighted by Gasteiger charge is 2.12. The summed E-state index contributed by atoms with van der Waals surface area (Å²) in [5.41, 5.74) is 0. The molecule has 1 aliphatic heterocycles. The lowest BCUT2D eigenvalue weighted by atomic mass is 10.1. The summed E-state index contributed by atoms with van der Waals surface area (Å²) in [7, 11) is 0. The molecule has 0 bridgehead atoms. The Balaban J connectivity index is 1.79. The van der Waals surface area contributed by atoms with Crippen LogP contribution in [0.1, 0.15) is 25.7 Å². The van der Waals surface area contributed by atoms with E-state index in [0.717, 1.165) is 32.7 Å². The summed E-state index contributed by atoms with van der Waals surface area (Å²) in [5, 5.41) is 3.39. The fraction of sp³-hybridized carbons (Fsp3) is 1.00. The molecule has 0 aromatic heterocycles. The maximum atomic E-state index is 5.61. The summed E-state index contributed by atoms with van der Waals surface area (Å²) in [4.78, 5) is 0. The number of hydrogen-bond donors (Lipinski definition) is 1. The van der Waals surface area contributed by atoms with Gasteiger partial charge in [-0.25, -0.2) is 0 Å². The van der Waals surface area contributed by atoms with Crippen molar-refractivity contribution in [3.8, 4) is 0 Å². The third-order valence-electron chi connectivity index (χ3n) is 2.51. The molecule has 4 heteroatoms. The summed E-state index contributed by atoms with van der Waals surface area (Å²) in [5.74, 6) is 0.587. The van der Waals surface area contributed by atoms with E-state index in [-0.39, 0.29) is 0 Å². The molecule has 0 aromatic carbocycles.